The Bertz CT molecular complexity index is 1490. The second-order valence-corrected chi connectivity index (χ2v) is 8.22. The number of azide groups is 1. The van der Waals surface area contributed by atoms with Crippen LogP contribution in [0.15, 0.2) is 81.6 Å². The lowest BCUT2D eigenvalue weighted by atomic mass is 10.1. The fraction of sp³-hybridized carbons (Fsp3) is 0.217. The first kappa shape index (κ1) is 25.6. The molecular formula is C23H17ClFN5O7. The maximum Gasteiger partial charge on any atom is 0.338 e. The number of nitrogens with one attached hydrogen (secondary N) is 1. The van der Waals surface area contributed by atoms with E-state index >= 15 is 4.39 Å². The van der Waals surface area contributed by atoms with E-state index in [-0.39, 0.29) is 16.1 Å². The zero-order valence-corrected chi connectivity index (χ0v) is 19.4. The van der Waals surface area contributed by atoms with Crippen LogP contribution in [0.4, 0.5) is 4.39 Å². The first-order chi connectivity index (χ1) is 17.7. The maximum absolute atomic E-state index is 15.8. The summed E-state index contributed by atoms with van der Waals surface area (Å²) in [6.07, 6.45) is -5.13. The van der Waals surface area contributed by atoms with E-state index in [2.05, 4.69) is 10.0 Å². The number of alkyl halides is 1. The van der Waals surface area contributed by atoms with Crippen LogP contribution in [0.2, 0.25) is 5.02 Å². The summed E-state index contributed by atoms with van der Waals surface area (Å²) in [5, 5.41) is 3.73. The van der Waals surface area contributed by atoms with Gasteiger partial charge in [0.25, 0.3) is 5.56 Å². The minimum atomic E-state index is -2.42. The maximum atomic E-state index is 15.8. The number of aromatic amines is 1. The smallest absolute Gasteiger partial charge is 0.338 e. The molecule has 1 aliphatic heterocycles. The lowest BCUT2D eigenvalue weighted by Crippen LogP contribution is -2.47. The van der Waals surface area contributed by atoms with Crippen molar-refractivity contribution in [2.75, 3.05) is 6.61 Å². The monoisotopic (exact) mass is 529 g/mol. The van der Waals surface area contributed by atoms with Gasteiger partial charge in [-0.1, -0.05) is 41.0 Å². The highest BCUT2D eigenvalue weighted by molar-refractivity contribution is 6.30. The molecule has 1 saturated heterocycles. The van der Waals surface area contributed by atoms with Crippen molar-refractivity contribution in [1.82, 2.24) is 9.55 Å². The van der Waals surface area contributed by atoms with Crippen LogP contribution in [0.5, 0.6) is 0 Å². The molecule has 1 aromatic heterocycles. The highest BCUT2D eigenvalue weighted by atomic mass is 35.5. The molecule has 4 rings (SSSR count). The SMILES string of the molecule is [N-]=[N+]=N[C@]1(COC(=O)c2cccc(Cl)c2)O[C@@H](n2ccc(=O)[nH]c2=O)[C@@H](F)[C@@H]1OC(=O)c1ccccc1. The van der Waals surface area contributed by atoms with E-state index in [4.69, 9.17) is 25.8 Å². The van der Waals surface area contributed by atoms with E-state index < -0.39 is 54.0 Å². The van der Waals surface area contributed by atoms with Gasteiger partial charge in [-0.15, -0.1) is 0 Å². The van der Waals surface area contributed by atoms with Crippen molar-refractivity contribution in [3.63, 3.8) is 0 Å². The normalized spacial score (nSPS) is 22.6. The molecule has 0 radical (unpaired) electrons. The average molecular weight is 530 g/mol. The number of halogens is 2. The number of benzene rings is 2. The minimum Gasteiger partial charge on any atom is -0.459 e. The summed E-state index contributed by atoms with van der Waals surface area (Å²) in [6.45, 7) is -0.899. The molecule has 190 valence electrons. The molecular weight excluding hydrogens is 513 g/mol. The zero-order valence-electron chi connectivity index (χ0n) is 18.7. The Morgan fingerprint density at radius 1 is 1.14 bits per heavy atom. The van der Waals surface area contributed by atoms with Gasteiger partial charge in [0, 0.05) is 22.2 Å². The molecule has 2 heterocycles. The summed E-state index contributed by atoms with van der Waals surface area (Å²) in [5.41, 5.74) is 5.12. The van der Waals surface area contributed by atoms with E-state index in [0.717, 1.165) is 12.3 Å². The Morgan fingerprint density at radius 2 is 1.86 bits per heavy atom. The minimum absolute atomic E-state index is 0.0321. The number of carbonyl (C=O) groups excluding carboxylic acids is 2. The predicted octanol–water partition coefficient (Wildman–Crippen LogP) is 3.15. The van der Waals surface area contributed by atoms with Gasteiger partial charge in [-0.2, -0.15) is 0 Å². The van der Waals surface area contributed by atoms with Gasteiger partial charge in [-0.25, -0.2) is 18.8 Å². The van der Waals surface area contributed by atoms with Crippen molar-refractivity contribution < 1.29 is 28.2 Å². The van der Waals surface area contributed by atoms with Crippen LogP contribution in [0, 0.1) is 0 Å². The number of rotatable bonds is 7. The largest absolute Gasteiger partial charge is 0.459 e. The first-order valence-corrected chi connectivity index (χ1v) is 11.0. The summed E-state index contributed by atoms with van der Waals surface area (Å²) in [4.78, 5) is 53.8. The molecule has 14 heteroatoms. The van der Waals surface area contributed by atoms with Gasteiger partial charge in [0.05, 0.1) is 11.1 Å². The third kappa shape index (κ3) is 5.38. The topological polar surface area (TPSA) is 165 Å². The number of H-pyrrole nitrogens is 1. The number of aromatic nitrogens is 2. The third-order valence-electron chi connectivity index (χ3n) is 5.38. The Balaban J connectivity index is 1.71. The number of ether oxygens (including phenoxy) is 3. The average Bonchev–Trinajstić information content (AvgIpc) is 3.14. The predicted molar refractivity (Wildman–Crippen MR) is 126 cm³/mol. The van der Waals surface area contributed by atoms with Gasteiger partial charge < -0.3 is 14.2 Å². The Hall–Kier alpha value is -4.45. The van der Waals surface area contributed by atoms with Crippen LogP contribution in [-0.4, -0.2) is 46.1 Å². The summed E-state index contributed by atoms with van der Waals surface area (Å²) in [7, 11) is 0. The highest BCUT2D eigenvalue weighted by Gasteiger charge is 2.60. The number of hydrogen-bond donors (Lipinski definition) is 1. The second-order valence-electron chi connectivity index (χ2n) is 7.78. The van der Waals surface area contributed by atoms with Crippen molar-refractivity contribution in [1.29, 1.82) is 0 Å². The Morgan fingerprint density at radius 3 is 2.54 bits per heavy atom. The fourth-order valence-corrected chi connectivity index (χ4v) is 3.85. The summed E-state index contributed by atoms with van der Waals surface area (Å²) < 4.78 is 32.7. The Labute approximate surface area is 211 Å². The van der Waals surface area contributed by atoms with Crippen molar-refractivity contribution in [2.24, 2.45) is 5.11 Å². The number of esters is 2. The van der Waals surface area contributed by atoms with Crippen LogP contribution in [0.1, 0.15) is 26.9 Å². The third-order valence-corrected chi connectivity index (χ3v) is 5.62. The standard InChI is InChI=1S/C23H17ClFN5O7/c24-15-8-4-7-14(11-15)20(32)35-12-23(28-29-26)18(36-21(33)13-5-2-1-3-6-13)17(25)19(37-23)30-10-9-16(31)27-22(30)34/h1-11,17-19H,12H2,(H,27,31,34)/t17-,18-,19+,23+/m0/s1. The highest BCUT2D eigenvalue weighted by Crippen LogP contribution is 2.42. The van der Waals surface area contributed by atoms with Gasteiger partial charge in [0.2, 0.25) is 5.72 Å². The van der Waals surface area contributed by atoms with Crippen LogP contribution in [0.25, 0.3) is 10.4 Å². The molecule has 2 aromatic carbocycles. The van der Waals surface area contributed by atoms with E-state index in [9.17, 15) is 24.7 Å². The molecule has 0 spiro atoms. The van der Waals surface area contributed by atoms with Gasteiger partial charge in [-0.3, -0.25) is 14.3 Å². The van der Waals surface area contributed by atoms with Crippen molar-refractivity contribution >= 4 is 23.5 Å². The lowest BCUT2D eigenvalue weighted by molar-refractivity contribution is -0.129. The van der Waals surface area contributed by atoms with Crippen LogP contribution < -0.4 is 11.2 Å². The molecule has 3 aromatic rings. The van der Waals surface area contributed by atoms with E-state index in [1.54, 1.807) is 18.2 Å². The molecule has 0 bridgehead atoms. The van der Waals surface area contributed by atoms with Crippen LogP contribution in [0.3, 0.4) is 0 Å². The molecule has 0 unspecified atom stereocenters. The Kier molecular flexibility index (Phi) is 7.39. The fourth-order valence-electron chi connectivity index (χ4n) is 3.66. The first-order valence-electron chi connectivity index (χ1n) is 10.6. The molecule has 1 fully saturated rings. The molecule has 4 atom stereocenters. The van der Waals surface area contributed by atoms with Gasteiger partial charge in [0.1, 0.15) is 6.61 Å². The number of nitrogens with zero attached hydrogens (tertiary/aromatic N) is 4. The molecule has 37 heavy (non-hydrogen) atoms. The molecule has 0 amide bonds. The van der Waals surface area contributed by atoms with Crippen molar-refractivity contribution in [2.45, 2.75) is 24.2 Å². The summed E-state index contributed by atoms with van der Waals surface area (Å²) in [5.74, 6) is -1.92. The molecule has 1 N–H and O–H groups in total. The summed E-state index contributed by atoms with van der Waals surface area (Å²) in [6, 6.07) is 14.2. The zero-order chi connectivity index (χ0) is 26.6. The molecule has 0 aliphatic carbocycles. The van der Waals surface area contributed by atoms with Crippen LogP contribution >= 0.6 is 11.6 Å². The van der Waals surface area contributed by atoms with Gasteiger partial charge in [0.15, 0.2) is 18.5 Å². The number of hydrogen-bond acceptors (Lipinski definition) is 8. The molecule has 0 saturated carbocycles. The van der Waals surface area contributed by atoms with Crippen molar-refractivity contribution in [3.8, 4) is 0 Å². The van der Waals surface area contributed by atoms with E-state index in [1.165, 1.54) is 36.4 Å². The van der Waals surface area contributed by atoms with Crippen molar-refractivity contribution in [3.05, 3.63) is 114 Å². The van der Waals surface area contributed by atoms with E-state index in [1.807, 2.05) is 4.98 Å². The molecule has 1 aliphatic rings. The van der Waals surface area contributed by atoms with E-state index in [0.29, 0.717) is 4.57 Å². The lowest BCUT2D eigenvalue weighted by Gasteiger charge is -2.28. The summed E-state index contributed by atoms with van der Waals surface area (Å²) >= 11 is 5.90. The van der Waals surface area contributed by atoms with Gasteiger partial charge >= 0.3 is 17.6 Å². The quantitative estimate of drug-likeness (QED) is 0.212. The van der Waals surface area contributed by atoms with Gasteiger partial charge in [-0.05, 0) is 35.9 Å². The molecule has 12 nitrogen and oxygen atoms in total. The number of carbonyl (C=O) groups is 2. The second kappa shape index (κ2) is 10.7. The van der Waals surface area contributed by atoms with Crippen LogP contribution in [-0.2, 0) is 14.2 Å².